The van der Waals surface area contributed by atoms with Crippen molar-refractivity contribution in [3.8, 4) is 11.3 Å². The Balaban J connectivity index is 1.53. The zero-order valence-corrected chi connectivity index (χ0v) is 16.6. The summed E-state index contributed by atoms with van der Waals surface area (Å²) in [6.45, 7) is 2.59. The third-order valence-corrected chi connectivity index (χ3v) is 5.92. The minimum Gasteiger partial charge on any atom is -0.439 e. The molecule has 6 heteroatoms. The fourth-order valence-corrected chi connectivity index (χ4v) is 4.11. The molecule has 0 saturated heterocycles. The van der Waals surface area contributed by atoms with Crippen LogP contribution in [-0.2, 0) is 6.54 Å². The van der Waals surface area contributed by atoms with Crippen molar-refractivity contribution in [3.05, 3.63) is 41.9 Å². The van der Waals surface area contributed by atoms with E-state index in [9.17, 15) is 0 Å². The number of benzene rings is 1. The maximum atomic E-state index is 5.87. The average molecular weight is 373 g/mol. The van der Waals surface area contributed by atoms with Crippen molar-refractivity contribution in [2.45, 2.75) is 50.4 Å². The molecular formula is C20H28N4OS. The molecule has 2 unspecified atom stereocenters. The molecule has 0 radical (unpaired) electrons. The van der Waals surface area contributed by atoms with Crippen molar-refractivity contribution >= 4 is 17.7 Å². The Morgan fingerprint density at radius 2 is 2.12 bits per heavy atom. The lowest BCUT2D eigenvalue weighted by molar-refractivity contribution is 0.417. The van der Waals surface area contributed by atoms with Crippen LogP contribution in [0, 0.1) is 6.92 Å². The normalized spacial score (nSPS) is 20.8. The van der Waals surface area contributed by atoms with Gasteiger partial charge in [0.05, 0.1) is 12.7 Å². The number of rotatable bonds is 5. The monoisotopic (exact) mass is 372 g/mol. The number of aryl methyl sites for hydroxylation is 1. The molecular weight excluding hydrogens is 344 g/mol. The first-order valence-corrected chi connectivity index (χ1v) is 10.5. The molecule has 0 aliphatic heterocycles. The van der Waals surface area contributed by atoms with Gasteiger partial charge < -0.3 is 15.1 Å². The third-order valence-electron chi connectivity index (χ3n) is 4.82. The molecule has 0 amide bonds. The van der Waals surface area contributed by atoms with Crippen molar-refractivity contribution < 1.29 is 4.42 Å². The van der Waals surface area contributed by atoms with Gasteiger partial charge in [0.25, 0.3) is 0 Å². The van der Waals surface area contributed by atoms with E-state index in [0.29, 0.717) is 18.5 Å². The van der Waals surface area contributed by atoms with Crippen LogP contribution in [0.2, 0.25) is 0 Å². The first-order valence-electron chi connectivity index (χ1n) is 9.19. The van der Waals surface area contributed by atoms with Crippen LogP contribution in [0.1, 0.15) is 37.1 Å². The van der Waals surface area contributed by atoms with Gasteiger partial charge in [-0.2, -0.15) is 11.8 Å². The van der Waals surface area contributed by atoms with Crippen LogP contribution in [0.15, 0.2) is 39.9 Å². The highest BCUT2D eigenvalue weighted by Gasteiger charge is 2.22. The van der Waals surface area contributed by atoms with E-state index < -0.39 is 0 Å². The zero-order valence-electron chi connectivity index (χ0n) is 15.8. The van der Waals surface area contributed by atoms with Crippen LogP contribution < -0.4 is 10.6 Å². The fraction of sp³-hybridized carbons (Fsp3) is 0.500. The lowest BCUT2D eigenvalue weighted by atomic mass is 9.95. The molecule has 1 aromatic carbocycles. The Morgan fingerprint density at radius 3 is 2.85 bits per heavy atom. The molecule has 2 atom stereocenters. The van der Waals surface area contributed by atoms with E-state index >= 15 is 0 Å². The van der Waals surface area contributed by atoms with Gasteiger partial charge in [-0.25, -0.2) is 4.98 Å². The van der Waals surface area contributed by atoms with E-state index in [1.54, 1.807) is 13.2 Å². The van der Waals surface area contributed by atoms with Gasteiger partial charge in [-0.15, -0.1) is 0 Å². The number of guanidine groups is 1. The van der Waals surface area contributed by atoms with E-state index in [1.165, 1.54) is 31.2 Å². The molecule has 1 aromatic heterocycles. The minimum absolute atomic E-state index is 0.486. The molecule has 1 aliphatic rings. The van der Waals surface area contributed by atoms with Gasteiger partial charge in [0.2, 0.25) is 5.89 Å². The van der Waals surface area contributed by atoms with Crippen LogP contribution in [0.3, 0.4) is 0 Å². The number of oxazole rings is 1. The molecule has 0 bridgehead atoms. The second kappa shape index (κ2) is 9.12. The number of thioether (sulfide) groups is 1. The summed E-state index contributed by atoms with van der Waals surface area (Å²) in [4.78, 5) is 8.72. The topological polar surface area (TPSA) is 62.5 Å². The maximum Gasteiger partial charge on any atom is 0.214 e. The predicted molar refractivity (Wildman–Crippen MR) is 110 cm³/mol. The summed E-state index contributed by atoms with van der Waals surface area (Å²) in [5, 5.41) is 7.61. The molecule has 140 valence electrons. The Hall–Kier alpha value is -1.95. The average Bonchev–Trinajstić information content (AvgIpc) is 3.15. The van der Waals surface area contributed by atoms with Gasteiger partial charge in [-0.1, -0.05) is 36.2 Å². The van der Waals surface area contributed by atoms with Crippen LogP contribution in [0.25, 0.3) is 11.3 Å². The van der Waals surface area contributed by atoms with Crippen molar-refractivity contribution in [1.82, 2.24) is 15.6 Å². The van der Waals surface area contributed by atoms with Crippen molar-refractivity contribution in [1.29, 1.82) is 0 Å². The molecule has 1 aliphatic carbocycles. The first kappa shape index (κ1) is 18.8. The van der Waals surface area contributed by atoms with Gasteiger partial charge in [-0.05, 0) is 32.4 Å². The standard InChI is InChI=1S/C20H28N4OS/c1-14-7-9-15(10-8-14)18-12-22-19(25-18)13-23-20(21-2)24-16-5-4-6-17(11-16)26-3/h7-10,12,16-17H,4-6,11,13H2,1-3H3,(H2,21,23,24). The van der Waals surface area contributed by atoms with Gasteiger partial charge in [0.15, 0.2) is 11.7 Å². The zero-order chi connectivity index (χ0) is 18.4. The Labute approximate surface area is 160 Å². The lowest BCUT2D eigenvalue weighted by Gasteiger charge is -2.29. The van der Waals surface area contributed by atoms with Crippen LogP contribution >= 0.6 is 11.8 Å². The smallest absolute Gasteiger partial charge is 0.214 e. The highest BCUT2D eigenvalue weighted by molar-refractivity contribution is 7.99. The quantitative estimate of drug-likeness (QED) is 0.614. The fourth-order valence-electron chi connectivity index (χ4n) is 3.28. The summed E-state index contributed by atoms with van der Waals surface area (Å²) < 4.78 is 5.87. The number of nitrogens with one attached hydrogen (secondary N) is 2. The van der Waals surface area contributed by atoms with Gasteiger partial charge in [-0.3, -0.25) is 4.99 Å². The summed E-state index contributed by atoms with van der Waals surface area (Å²) in [5.74, 6) is 2.26. The second-order valence-corrected chi connectivity index (χ2v) is 7.91. The minimum atomic E-state index is 0.486. The summed E-state index contributed by atoms with van der Waals surface area (Å²) in [5.41, 5.74) is 2.28. The molecule has 2 N–H and O–H groups in total. The van der Waals surface area contributed by atoms with Crippen LogP contribution in [0.4, 0.5) is 0 Å². The van der Waals surface area contributed by atoms with Gasteiger partial charge >= 0.3 is 0 Å². The van der Waals surface area contributed by atoms with Crippen LogP contribution in [-0.4, -0.2) is 35.5 Å². The molecule has 5 nitrogen and oxygen atoms in total. The molecule has 0 spiro atoms. The maximum absolute atomic E-state index is 5.87. The number of nitrogens with zero attached hydrogens (tertiary/aromatic N) is 2. The largest absolute Gasteiger partial charge is 0.439 e. The highest BCUT2D eigenvalue weighted by atomic mass is 32.2. The van der Waals surface area contributed by atoms with Gasteiger partial charge in [0.1, 0.15) is 0 Å². The SMILES string of the molecule is CN=C(NCc1ncc(-c2ccc(C)cc2)o1)NC1CCCC(SC)C1. The molecule has 2 aromatic rings. The van der Waals surface area contributed by atoms with Gasteiger partial charge in [0, 0.05) is 23.9 Å². The second-order valence-electron chi connectivity index (χ2n) is 6.78. The predicted octanol–water partition coefficient (Wildman–Crippen LogP) is 3.99. The van der Waals surface area contributed by atoms with E-state index in [4.69, 9.17) is 4.42 Å². The Bertz CT molecular complexity index is 726. The number of hydrogen-bond donors (Lipinski definition) is 2. The number of aromatic nitrogens is 1. The summed E-state index contributed by atoms with van der Waals surface area (Å²) in [6.07, 6.45) is 8.98. The Kier molecular flexibility index (Phi) is 6.61. The summed E-state index contributed by atoms with van der Waals surface area (Å²) in [6, 6.07) is 8.75. The third kappa shape index (κ3) is 5.04. The number of aliphatic imine (C=N–C) groups is 1. The van der Waals surface area contributed by atoms with E-state index in [1.807, 2.05) is 11.8 Å². The Morgan fingerprint density at radius 1 is 1.31 bits per heavy atom. The van der Waals surface area contributed by atoms with Crippen LogP contribution in [0.5, 0.6) is 0 Å². The first-order chi connectivity index (χ1) is 12.7. The molecule has 1 heterocycles. The molecule has 1 fully saturated rings. The molecule has 1 saturated carbocycles. The van der Waals surface area contributed by atoms with Crippen molar-refractivity contribution in [2.75, 3.05) is 13.3 Å². The van der Waals surface area contributed by atoms with E-state index in [0.717, 1.165) is 22.5 Å². The lowest BCUT2D eigenvalue weighted by Crippen LogP contribution is -2.45. The summed E-state index contributed by atoms with van der Waals surface area (Å²) >= 11 is 1.97. The number of hydrogen-bond acceptors (Lipinski definition) is 4. The van der Waals surface area contributed by atoms with E-state index in [2.05, 4.69) is 58.1 Å². The molecule has 26 heavy (non-hydrogen) atoms. The summed E-state index contributed by atoms with van der Waals surface area (Å²) in [7, 11) is 1.80. The highest BCUT2D eigenvalue weighted by Crippen LogP contribution is 2.26. The van der Waals surface area contributed by atoms with Crippen molar-refractivity contribution in [2.24, 2.45) is 4.99 Å². The molecule has 3 rings (SSSR count). The van der Waals surface area contributed by atoms with Crippen molar-refractivity contribution in [3.63, 3.8) is 0 Å². The van der Waals surface area contributed by atoms with E-state index in [-0.39, 0.29) is 0 Å².